The highest BCUT2D eigenvalue weighted by Gasteiger charge is 2.22. The molecule has 0 fully saturated rings. The monoisotopic (exact) mass is 301 g/mol. The van der Waals surface area contributed by atoms with Gasteiger partial charge in [0.1, 0.15) is 0 Å². The Morgan fingerprint density at radius 3 is 2.55 bits per heavy atom. The number of carboxylic acid groups (broad SMARTS) is 1. The average Bonchev–Trinajstić information content (AvgIpc) is 2.36. The molecule has 8 nitrogen and oxygen atoms in total. The maximum Gasteiger partial charge on any atom is 0.337 e. The molecule has 0 saturated heterocycles. The van der Waals surface area contributed by atoms with Crippen molar-refractivity contribution in [1.29, 1.82) is 0 Å². The Hall–Kier alpha value is -2.13. The molecule has 0 bridgehead atoms. The number of carbonyl (C=O) groups is 2. The second-order valence-corrected chi connectivity index (χ2v) is 5.57. The van der Waals surface area contributed by atoms with E-state index in [-0.39, 0.29) is 5.69 Å². The molecule has 9 heteroatoms. The van der Waals surface area contributed by atoms with Gasteiger partial charge in [-0.25, -0.2) is 17.9 Å². The van der Waals surface area contributed by atoms with Crippen LogP contribution in [0.15, 0.2) is 23.1 Å². The molecule has 20 heavy (non-hydrogen) atoms. The number of anilines is 1. The number of nitrogens with two attached hydrogens (primary N) is 1. The number of amides is 1. The molecular weight excluding hydrogens is 286 g/mol. The summed E-state index contributed by atoms with van der Waals surface area (Å²) in [6, 6.07) is 3.40. The molecule has 0 saturated carbocycles. The van der Waals surface area contributed by atoms with E-state index < -0.39 is 38.9 Å². The minimum absolute atomic E-state index is 0.130. The first-order chi connectivity index (χ1) is 9.27. The lowest BCUT2D eigenvalue weighted by Crippen LogP contribution is -2.37. The van der Waals surface area contributed by atoms with Gasteiger partial charge >= 0.3 is 5.97 Å². The SMILES string of the molecule is CCNC(=O)CNS(=O)(=O)c1ccc(N)cc1C(=O)O. The van der Waals surface area contributed by atoms with Crippen LogP contribution >= 0.6 is 0 Å². The van der Waals surface area contributed by atoms with Crippen molar-refractivity contribution in [3.63, 3.8) is 0 Å². The van der Waals surface area contributed by atoms with Crippen molar-refractivity contribution in [1.82, 2.24) is 10.0 Å². The van der Waals surface area contributed by atoms with E-state index in [0.29, 0.717) is 6.54 Å². The minimum atomic E-state index is -4.11. The van der Waals surface area contributed by atoms with Crippen LogP contribution in [0, 0.1) is 0 Å². The Bertz CT molecular complexity index is 627. The van der Waals surface area contributed by atoms with E-state index in [2.05, 4.69) is 5.32 Å². The lowest BCUT2D eigenvalue weighted by atomic mass is 10.2. The van der Waals surface area contributed by atoms with Gasteiger partial charge < -0.3 is 16.2 Å². The summed E-state index contributed by atoms with van der Waals surface area (Å²) < 4.78 is 26.0. The highest BCUT2D eigenvalue weighted by Crippen LogP contribution is 2.18. The van der Waals surface area contributed by atoms with E-state index in [0.717, 1.165) is 12.1 Å². The third-order valence-electron chi connectivity index (χ3n) is 2.32. The Labute approximate surface area is 116 Å². The number of likely N-dealkylation sites (N-methyl/N-ethyl adjacent to an activating group) is 1. The van der Waals surface area contributed by atoms with Crippen molar-refractivity contribution in [3.05, 3.63) is 23.8 Å². The van der Waals surface area contributed by atoms with Gasteiger partial charge in [-0.15, -0.1) is 0 Å². The predicted octanol–water partition coefficient (Wildman–Crippen LogP) is -0.619. The average molecular weight is 301 g/mol. The molecular formula is C11H15N3O5S. The number of carboxylic acids is 1. The van der Waals surface area contributed by atoms with Crippen LogP contribution in [0.4, 0.5) is 5.69 Å². The number of benzene rings is 1. The van der Waals surface area contributed by atoms with Gasteiger partial charge in [-0.1, -0.05) is 0 Å². The molecule has 0 heterocycles. The van der Waals surface area contributed by atoms with Crippen LogP contribution in [-0.2, 0) is 14.8 Å². The first-order valence-electron chi connectivity index (χ1n) is 5.67. The summed E-state index contributed by atoms with van der Waals surface area (Å²) in [7, 11) is -4.11. The number of aromatic carboxylic acids is 1. The van der Waals surface area contributed by atoms with Crippen molar-refractivity contribution in [3.8, 4) is 0 Å². The van der Waals surface area contributed by atoms with Crippen molar-refractivity contribution >= 4 is 27.6 Å². The van der Waals surface area contributed by atoms with Crippen LogP contribution < -0.4 is 15.8 Å². The molecule has 0 aliphatic carbocycles. The third kappa shape index (κ3) is 3.93. The smallest absolute Gasteiger partial charge is 0.337 e. The van der Waals surface area contributed by atoms with E-state index in [1.807, 2.05) is 4.72 Å². The summed E-state index contributed by atoms with van der Waals surface area (Å²) in [4.78, 5) is 21.8. The maximum absolute atomic E-state index is 12.0. The highest BCUT2D eigenvalue weighted by atomic mass is 32.2. The summed E-state index contributed by atoms with van der Waals surface area (Å²) in [5.74, 6) is -1.93. The predicted molar refractivity (Wildman–Crippen MR) is 71.7 cm³/mol. The highest BCUT2D eigenvalue weighted by molar-refractivity contribution is 7.89. The molecule has 0 spiro atoms. The quantitative estimate of drug-likeness (QED) is 0.517. The second kappa shape index (κ2) is 6.35. The molecule has 1 aromatic carbocycles. The molecule has 0 radical (unpaired) electrons. The molecule has 5 N–H and O–H groups in total. The van der Waals surface area contributed by atoms with Crippen molar-refractivity contribution in [2.24, 2.45) is 0 Å². The number of carbonyl (C=O) groups excluding carboxylic acids is 1. The van der Waals surface area contributed by atoms with Gasteiger partial charge in [-0.2, -0.15) is 0 Å². The zero-order valence-electron chi connectivity index (χ0n) is 10.7. The Morgan fingerprint density at radius 2 is 2.00 bits per heavy atom. The fourth-order valence-electron chi connectivity index (χ4n) is 1.45. The zero-order chi connectivity index (χ0) is 15.3. The van der Waals surface area contributed by atoms with Crippen LogP contribution in [-0.4, -0.2) is 38.5 Å². The van der Waals surface area contributed by atoms with Gasteiger partial charge in [0.25, 0.3) is 0 Å². The fraction of sp³-hybridized carbons (Fsp3) is 0.273. The van der Waals surface area contributed by atoms with Gasteiger partial charge in [0.2, 0.25) is 15.9 Å². The molecule has 0 aromatic heterocycles. The molecule has 1 rings (SSSR count). The number of nitrogens with one attached hydrogen (secondary N) is 2. The molecule has 0 aliphatic rings. The van der Waals surface area contributed by atoms with Gasteiger partial charge in [-0.05, 0) is 25.1 Å². The Balaban J connectivity index is 3.04. The first kappa shape index (κ1) is 15.9. The summed E-state index contributed by atoms with van der Waals surface area (Å²) in [5, 5.41) is 11.4. The van der Waals surface area contributed by atoms with Crippen LogP contribution in [0.1, 0.15) is 17.3 Å². The van der Waals surface area contributed by atoms with E-state index >= 15 is 0 Å². The maximum atomic E-state index is 12.0. The minimum Gasteiger partial charge on any atom is -0.478 e. The molecule has 1 amide bonds. The van der Waals surface area contributed by atoms with Crippen LogP contribution in [0.25, 0.3) is 0 Å². The number of hydrogen-bond donors (Lipinski definition) is 4. The molecule has 0 unspecified atom stereocenters. The fourth-order valence-corrected chi connectivity index (χ4v) is 2.61. The molecule has 110 valence electrons. The molecule has 0 atom stereocenters. The Kier molecular flexibility index (Phi) is 5.06. The third-order valence-corrected chi connectivity index (χ3v) is 3.78. The van der Waals surface area contributed by atoms with Gasteiger partial charge in [0.05, 0.1) is 17.0 Å². The normalized spacial score (nSPS) is 11.1. The summed E-state index contributed by atoms with van der Waals surface area (Å²) in [5.41, 5.74) is 5.11. The zero-order valence-corrected chi connectivity index (χ0v) is 11.5. The van der Waals surface area contributed by atoms with Crippen LogP contribution in [0.3, 0.4) is 0 Å². The number of rotatable bonds is 6. The molecule has 0 aliphatic heterocycles. The van der Waals surface area contributed by atoms with Gasteiger partial charge in [0.15, 0.2) is 0 Å². The lowest BCUT2D eigenvalue weighted by molar-refractivity contribution is -0.119. The number of sulfonamides is 1. The first-order valence-corrected chi connectivity index (χ1v) is 7.15. The number of nitrogen functional groups attached to an aromatic ring is 1. The van der Waals surface area contributed by atoms with Gasteiger partial charge in [-0.3, -0.25) is 4.79 Å². The van der Waals surface area contributed by atoms with E-state index in [1.165, 1.54) is 6.07 Å². The Morgan fingerprint density at radius 1 is 1.35 bits per heavy atom. The number of hydrogen-bond acceptors (Lipinski definition) is 5. The summed E-state index contributed by atoms with van der Waals surface area (Å²) in [6.45, 7) is 1.58. The van der Waals surface area contributed by atoms with Gasteiger partial charge in [0, 0.05) is 12.2 Å². The summed E-state index contributed by atoms with van der Waals surface area (Å²) in [6.07, 6.45) is 0. The van der Waals surface area contributed by atoms with Crippen molar-refractivity contribution < 1.29 is 23.1 Å². The summed E-state index contributed by atoms with van der Waals surface area (Å²) >= 11 is 0. The topological polar surface area (TPSA) is 139 Å². The van der Waals surface area contributed by atoms with Crippen molar-refractivity contribution in [2.45, 2.75) is 11.8 Å². The van der Waals surface area contributed by atoms with Crippen LogP contribution in [0.2, 0.25) is 0 Å². The standard InChI is InChI=1S/C11H15N3O5S/c1-2-13-10(15)6-14-20(18,19)9-4-3-7(12)5-8(9)11(16)17/h3-5,14H,2,6,12H2,1H3,(H,13,15)(H,16,17). The van der Waals surface area contributed by atoms with Crippen molar-refractivity contribution in [2.75, 3.05) is 18.8 Å². The van der Waals surface area contributed by atoms with E-state index in [4.69, 9.17) is 10.8 Å². The lowest BCUT2D eigenvalue weighted by Gasteiger charge is -2.09. The van der Waals surface area contributed by atoms with Crippen LogP contribution in [0.5, 0.6) is 0 Å². The van der Waals surface area contributed by atoms with E-state index in [9.17, 15) is 18.0 Å². The van der Waals surface area contributed by atoms with E-state index in [1.54, 1.807) is 6.92 Å². The largest absolute Gasteiger partial charge is 0.478 e. The molecule has 1 aromatic rings. The second-order valence-electron chi connectivity index (χ2n) is 3.84.